The lowest BCUT2D eigenvalue weighted by Crippen LogP contribution is -2.28. The molecule has 134 valence electrons. The minimum atomic E-state index is -1.02. The molecule has 0 aliphatic carbocycles. The normalized spacial score (nSPS) is 12.0. The molecule has 2 aromatic rings. The quantitative estimate of drug-likeness (QED) is 0.779. The lowest BCUT2D eigenvalue weighted by molar-refractivity contribution is -0.130. The number of ether oxygens (including phenoxy) is 1. The number of carboxylic acids is 1. The van der Waals surface area contributed by atoms with Gasteiger partial charge in [-0.15, -0.1) is 0 Å². The summed E-state index contributed by atoms with van der Waals surface area (Å²) in [5.41, 5.74) is 0.785. The molecule has 0 bridgehead atoms. The summed E-state index contributed by atoms with van der Waals surface area (Å²) in [5, 5.41) is 12.8. The molecule has 0 aliphatic rings. The van der Waals surface area contributed by atoms with E-state index >= 15 is 0 Å². The van der Waals surface area contributed by atoms with Crippen LogP contribution in [-0.4, -0.2) is 45.7 Å². The molecule has 1 heterocycles. The highest BCUT2D eigenvalue weighted by Crippen LogP contribution is 2.14. The van der Waals surface area contributed by atoms with Crippen LogP contribution in [0.5, 0.6) is 0 Å². The number of nitrogens with zero attached hydrogens (tertiary/aromatic N) is 3. The highest BCUT2D eigenvalue weighted by molar-refractivity contribution is 5.88. The molecule has 1 N–H and O–H groups in total. The van der Waals surface area contributed by atoms with Gasteiger partial charge in [0.05, 0.1) is 18.5 Å². The van der Waals surface area contributed by atoms with Crippen LogP contribution in [0.4, 0.5) is 0 Å². The Hall–Kier alpha value is -2.74. The number of benzene rings is 1. The summed E-state index contributed by atoms with van der Waals surface area (Å²) in [6, 6.07) is 6.31. The predicted octanol–water partition coefficient (Wildman–Crippen LogP) is 2.07. The molecule has 0 spiro atoms. The zero-order valence-corrected chi connectivity index (χ0v) is 14.4. The van der Waals surface area contributed by atoms with E-state index in [1.54, 1.807) is 19.2 Å². The number of carbonyl (C=O) groups is 2. The van der Waals surface area contributed by atoms with Crippen LogP contribution in [0.15, 0.2) is 28.8 Å². The van der Waals surface area contributed by atoms with Crippen LogP contribution in [0, 0.1) is 0 Å². The Bertz CT molecular complexity index is 743. The number of amides is 1. The van der Waals surface area contributed by atoms with Crippen molar-refractivity contribution in [3.63, 3.8) is 0 Å². The van der Waals surface area contributed by atoms with Crippen molar-refractivity contribution in [3.8, 4) is 0 Å². The maximum absolute atomic E-state index is 12.3. The number of carboxylic acid groups (broad SMARTS) is 1. The Morgan fingerprint density at radius 2 is 2.16 bits per heavy atom. The van der Waals surface area contributed by atoms with Crippen molar-refractivity contribution >= 4 is 11.9 Å². The third-order valence-corrected chi connectivity index (χ3v) is 3.59. The average molecular weight is 347 g/mol. The van der Waals surface area contributed by atoms with Crippen molar-refractivity contribution in [2.24, 2.45) is 0 Å². The highest BCUT2D eigenvalue weighted by atomic mass is 16.5. The van der Waals surface area contributed by atoms with Crippen molar-refractivity contribution < 1.29 is 24.0 Å². The van der Waals surface area contributed by atoms with Gasteiger partial charge in [0.25, 0.3) is 0 Å². The first-order chi connectivity index (χ1) is 11.9. The van der Waals surface area contributed by atoms with Crippen LogP contribution in [0.2, 0.25) is 0 Å². The smallest absolute Gasteiger partial charge is 0.335 e. The monoisotopic (exact) mass is 347 g/mol. The summed E-state index contributed by atoms with van der Waals surface area (Å²) in [6.07, 6.45) is -0.184. The van der Waals surface area contributed by atoms with Gasteiger partial charge in [0.15, 0.2) is 5.82 Å². The van der Waals surface area contributed by atoms with E-state index in [1.807, 2.05) is 13.8 Å². The van der Waals surface area contributed by atoms with Gasteiger partial charge in [-0.2, -0.15) is 4.98 Å². The van der Waals surface area contributed by atoms with Gasteiger partial charge in [0.2, 0.25) is 11.8 Å². The number of likely N-dealkylation sites (N-methyl/N-ethyl adjacent to an activating group) is 1. The molecule has 25 heavy (non-hydrogen) atoms. The van der Waals surface area contributed by atoms with Crippen molar-refractivity contribution in [2.75, 3.05) is 13.7 Å². The minimum absolute atomic E-state index is 0.0912. The fourth-order valence-corrected chi connectivity index (χ4v) is 2.24. The molecular weight excluding hydrogens is 326 g/mol. The molecule has 0 saturated carbocycles. The standard InChI is InChI=1S/C17H21N3O5/c1-4-24-11(2)16-18-14(25-19-16)10-20(3)15(21)9-12-6-5-7-13(8-12)17(22)23/h5-8,11H,4,9-10H2,1-3H3,(H,22,23). The number of carbonyl (C=O) groups excluding carboxylic acids is 1. The molecule has 2 rings (SSSR count). The molecule has 8 heteroatoms. The third-order valence-electron chi connectivity index (χ3n) is 3.59. The van der Waals surface area contributed by atoms with Gasteiger partial charge in [0.1, 0.15) is 6.10 Å². The second kappa shape index (κ2) is 8.39. The van der Waals surface area contributed by atoms with Crippen LogP contribution in [0.25, 0.3) is 0 Å². The largest absolute Gasteiger partial charge is 0.478 e. The van der Waals surface area contributed by atoms with Gasteiger partial charge in [0, 0.05) is 13.7 Å². The summed E-state index contributed by atoms with van der Waals surface area (Å²) in [6.45, 7) is 4.41. The van der Waals surface area contributed by atoms with Gasteiger partial charge >= 0.3 is 5.97 Å². The number of hydrogen-bond donors (Lipinski definition) is 1. The number of rotatable bonds is 8. The van der Waals surface area contributed by atoms with Crippen LogP contribution in [0.1, 0.15) is 47.6 Å². The van der Waals surface area contributed by atoms with E-state index in [4.69, 9.17) is 14.4 Å². The summed E-state index contributed by atoms with van der Waals surface area (Å²) in [4.78, 5) is 29.0. The summed E-state index contributed by atoms with van der Waals surface area (Å²) >= 11 is 0. The van der Waals surface area contributed by atoms with E-state index < -0.39 is 5.97 Å². The number of aromatic nitrogens is 2. The zero-order valence-electron chi connectivity index (χ0n) is 14.4. The van der Waals surface area contributed by atoms with Crippen LogP contribution in [-0.2, 0) is 22.5 Å². The topological polar surface area (TPSA) is 106 Å². The summed E-state index contributed by atoms with van der Waals surface area (Å²) in [7, 11) is 1.62. The van der Waals surface area contributed by atoms with Crippen molar-refractivity contribution in [3.05, 3.63) is 47.1 Å². The fraction of sp³-hybridized carbons (Fsp3) is 0.412. The Morgan fingerprint density at radius 3 is 2.84 bits per heavy atom. The number of aromatic carboxylic acids is 1. The first-order valence-corrected chi connectivity index (χ1v) is 7.91. The molecule has 0 aliphatic heterocycles. The van der Waals surface area contributed by atoms with Gasteiger partial charge in [-0.3, -0.25) is 4.79 Å². The maximum Gasteiger partial charge on any atom is 0.335 e. The molecule has 0 radical (unpaired) electrons. The Morgan fingerprint density at radius 1 is 1.40 bits per heavy atom. The second-order valence-electron chi connectivity index (χ2n) is 5.58. The average Bonchev–Trinajstić information content (AvgIpc) is 3.04. The first kappa shape index (κ1) is 18.6. The first-order valence-electron chi connectivity index (χ1n) is 7.91. The van der Waals surface area contributed by atoms with Crippen LogP contribution >= 0.6 is 0 Å². The summed E-state index contributed by atoms with van der Waals surface area (Å²) < 4.78 is 10.5. The fourth-order valence-electron chi connectivity index (χ4n) is 2.24. The molecule has 1 amide bonds. The van der Waals surface area contributed by atoms with E-state index in [0.29, 0.717) is 23.9 Å². The highest BCUT2D eigenvalue weighted by Gasteiger charge is 2.17. The van der Waals surface area contributed by atoms with Crippen LogP contribution < -0.4 is 0 Å². The molecule has 1 aromatic heterocycles. The molecule has 1 unspecified atom stereocenters. The summed E-state index contributed by atoms with van der Waals surface area (Å²) in [5.74, 6) is -0.451. The third kappa shape index (κ3) is 5.12. The molecule has 0 saturated heterocycles. The van der Waals surface area contributed by atoms with Gasteiger partial charge in [-0.05, 0) is 31.5 Å². The second-order valence-corrected chi connectivity index (χ2v) is 5.58. The maximum atomic E-state index is 12.3. The van der Waals surface area contributed by atoms with E-state index in [-0.39, 0.29) is 30.5 Å². The molecular formula is C17H21N3O5. The van der Waals surface area contributed by atoms with E-state index in [9.17, 15) is 9.59 Å². The molecule has 0 fully saturated rings. The molecule has 8 nitrogen and oxygen atoms in total. The van der Waals surface area contributed by atoms with Crippen molar-refractivity contribution in [1.82, 2.24) is 15.0 Å². The van der Waals surface area contributed by atoms with Gasteiger partial charge < -0.3 is 19.3 Å². The Balaban J connectivity index is 1.96. The van der Waals surface area contributed by atoms with Crippen molar-refractivity contribution in [1.29, 1.82) is 0 Å². The predicted molar refractivity (Wildman–Crippen MR) is 87.9 cm³/mol. The van der Waals surface area contributed by atoms with E-state index in [1.165, 1.54) is 17.0 Å². The SMILES string of the molecule is CCOC(C)c1noc(CN(C)C(=O)Cc2cccc(C(=O)O)c2)n1. The minimum Gasteiger partial charge on any atom is -0.478 e. The van der Waals surface area contributed by atoms with Crippen molar-refractivity contribution in [2.45, 2.75) is 32.9 Å². The Labute approximate surface area is 145 Å². The molecule has 1 aromatic carbocycles. The lowest BCUT2D eigenvalue weighted by Gasteiger charge is -2.15. The Kier molecular flexibility index (Phi) is 6.24. The van der Waals surface area contributed by atoms with Gasteiger partial charge in [-0.25, -0.2) is 4.79 Å². The lowest BCUT2D eigenvalue weighted by atomic mass is 10.1. The van der Waals surface area contributed by atoms with Crippen LogP contribution in [0.3, 0.4) is 0 Å². The molecule has 1 atom stereocenters. The zero-order chi connectivity index (χ0) is 18.4. The van der Waals surface area contributed by atoms with Gasteiger partial charge in [-0.1, -0.05) is 17.3 Å². The number of hydrogen-bond acceptors (Lipinski definition) is 6. The van der Waals surface area contributed by atoms with E-state index in [0.717, 1.165) is 0 Å². The van der Waals surface area contributed by atoms with E-state index in [2.05, 4.69) is 10.1 Å².